The standard InChI is InChI=1S/C16H15Cl2NO3/c1-2-21-10-22-13-9-8-12(14(17)15(13)18)16(20)19-11-6-4-3-5-7-11/h3-9H,2,10H2,1H3,(H,19,20). The molecule has 116 valence electrons. The Bertz CT molecular complexity index is 647. The molecule has 2 aromatic carbocycles. The number of nitrogens with one attached hydrogen (secondary N) is 1. The smallest absolute Gasteiger partial charge is 0.257 e. The van der Waals surface area contributed by atoms with Gasteiger partial charge in [0.2, 0.25) is 0 Å². The Hall–Kier alpha value is -1.75. The maximum Gasteiger partial charge on any atom is 0.257 e. The summed E-state index contributed by atoms with van der Waals surface area (Å²) >= 11 is 12.3. The Labute approximate surface area is 138 Å². The van der Waals surface area contributed by atoms with Crippen molar-refractivity contribution in [1.82, 2.24) is 0 Å². The predicted molar refractivity (Wildman–Crippen MR) is 88.0 cm³/mol. The van der Waals surface area contributed by atoms with Gasteiger partial charge in [0.15, 0.2) is 6.79 Å². The van der Waals surface area contributed by atoms with Crippen LogP contribution in [-0.2, 0) is 4.74 Å². The van der Waals surface area contributed by atoms with Gasteiger partial charge in [-0.1, -0.05) is 41.4 Å². The molecular formula is C16H15Cl2NO3. The Morgan fingerprint density at radius 3 is 2.50 bits per heavy atom. The first-order valence-corrected chi connectivity index (χ1v) is 7.44. The number of amides is 1. The van der Waals surface area contributed by atoms with Crippen molar-refractivity contribution in [3.63, 3.8) is 0 Å². The van der Waals surface area contributed by atoms with Gasteiger partial charge in [-0.05, 0) is 31.2 Å². The first-order chi connectivity index (χ1) is 10.6. The Morgan fingerprint density at radius 2 is 1.82 bits per heavy atom. The molecule has 0 aliphatic rings. The highest BCUT2D eigenvalue weighted by atomic mass is 35.5. The normalized spacial score (nSPS) is 10.3. The molecule has 0 aliphatic heterocycles. The molecule has 22 heavy (non-hydrogen) atoms. The third-order valence-corrected chi connectivity index (χ3v) is 3.69. The van der Waals surface area contributed by atoms with E-state index in [2.05, 4.69) is 5.32 Å². The topological polar surface area (TPSA) is 47.6 Å². The summed E-state index contributed by atoms with van der Waals surface area (Å²) < 4.78 is 10.4. The molecule has 1 amide bonds. The van der Waals surface area contributed by atoms with E-state index in [1.807, 2.05) is 25.1 Å². The maximum atomic E-state index is 12.2. The van der Waals surface area contributed by atoms with E-state index in [9.17, 15) is 4.79 Å². The third kappa shape index (κ3) is 4.13. The van der Waals surface area contributed by atoms with Crippen LogP contribution in [0.4, 0.5) is 5.69 Å². The van der Waals surface area contributed by atoms with Gasteiger partial charge in [-0.15, -0.1) is 0 Å². The molecule has 4 nitrogen and oxygen atoms in total. The number of rotatable bonds is 6. The highest BCUT2D eigenvalue weighted by molar-refractivity contribution is 6.45. The van der Waals surface area contributed by atoms with E-state index in [-0.39, 0.29) is 28.3 Å². The molecule has 0 aliphatic carbocycles. The highest BCUT2D eigenvalue weighted by Crippen LogP contribution is 2.35. The number of carbonyl (C=O) groups is 1. The molecule has 0 saturated heterocycles. The first kappa shape index (κ1) is 16.6. The average Bonchev–Trinajstić information content (AvgIpc) is 2.52. The van der Waals surface area contributed by atoms with Crippen molar-refractivity contribution in [3.05, 3.63) is 58.1 Å². The molecule has 0 atom stereocenters. The summed E-state index contributed by atoms with van der Waals surface area (Å²) in [5.74, 6) is 0.0332. The van der Waals surface area contributed by atoms with Crippen LogP contribution < -0.4 is 10.1 Å². The van der Waals surface area contributed by atoms with Crippen LogP contribution in [0.5, 0.6) is 5.75 Å². The molecule has 0 saturated carbocycles. The molecular weight excluding hydrogens is 325 g/mol. The SMILES string of the molecule is CCOCOc1ccc(C(=O)Nc2ccccc2)c(Cl)c1Cl. The van der Waals surface area contributed by atoms with Crippen molar-refractivity contribution in [2.24, 2.45) is 0 Å². The second-order valence-electron chi connectivity index (χ2n) is 4.31. The lowest BCUT2D eigenvalue weighted by molar-refractivity contribution is 0.0225. The van der Waals surface area contributed by atoms with Crippen molar-refractivity contribution in [3.8, 4) is 5.75 Å². The quantitative estimate of drug-likeness (QED) is 0.617. The molecule has 0 unspecified atom stereocenters. The summed E-state index contributed by atoms with van der Waals surface area (Å²) in [5.41, 5.74) is 0.954. The molecule has 0 bridgehead atoms. The monoisotopic (exact) mass is 339 g/mol. The number of hydrogen-bond donors (Lipinski definition) is 1. The van der Waals surface area contributed by atoms with E-state index in [0.717, 1.165) is 0 Å². The van der Waals surface area contributed by atoms with Crippen molar-refractivity contribution >= 4 is 34.8 Å². The predicted octanol–water partition coefficient (Wildman–Crippen LogP) is 4.62. The molecule has 2 rings (SSSR count). The van der Waals surface area contributed by atoms with Gasteiger partial charge < -0.3 is 14.8 Å². The molecule has 0 heterocycles. The molecule has 0 fully saturated rings. The summed E-state index contributed by atoms with van der Waals surface area (Å²) in [4.78, 5) is 12.2. The second kappa shape index (κ2) is 8.03. The van der Waals surface area contributed by atoms with E-state index in [4.69, 9.17) is 32.7 Å². The van der Waals surface area contributed by atoms with Crippen LogP contribution in [0.15, 0.2) is 42.5 Å². The van der Waals surface area contributed by atoms with Gasteiger partial charge in [0.1, 0.15) is 10.8 Å². The van der Waals surface area contributed by atoms with Crippen LogP contribution in [0.1, 0.15) is 17.3 Å². The van der Waals surface area contributed by atoms with E-state index in [1.165, 1.54) is 0 Å². The number of hydrogen-bond acceptors (Lipinski definition) is 3. The number of ether oxygens (including phenoxy) is 2. The summed E-state index contributed by atoms with van der Waals surface area (Å²) in [7, 11) is 0. The molecule has 0 aromatic heterocycles. The molecule has 6 heteroatoms. The third-order valence-electron chi connectivity index (χ3n) is 2.83. The van der Waals surface area contributed by atoms with Gasteiger partial charge in [-0.25, -0.2) is 0 Å². The van der Waals surface area contributed by atoms with E-state index in [1.54, 1.807) is 24.3 Å². The second-order valence-corrected chi connectivity index (χ2v) is 5.07. The van der Waals surface area contributed by atoms with Crippen molar-refractivity contribution < 1.29 is 14.3 Å². The lowest BCUT2D eigenvalue weighted by atomic mass is 10.2. The van der Waals surface area contributed by atoms with Gasteiger partial charge in [-0.2, -0.15) is 0 Å². The average molecular weight is 340 g/mol. The van der Waals surface area contributed by atoms with E-state index < -0.39 is 0 Å². The number of para-hydroxylation sites is 1. The van der Waals surface area contributed by atoms with Crippen LogP contribution in [0.3, 0.4) is 0 Å². The Morgan fingerprint density at radius 1 is 1.09 bits per heavy atom. The summed E-state index contributed by atoms with van der Waals surface area (Å²) in [6, 6.07) is 12.2. The summed E-state index contributed by atoms with van der Waals surface area (Å²) in [5, 5.41) is 3.08. The fourth-order valence-corrected chi connectivity index (χ4v) is 2.19. The summed E-state index contributed by atoms with van der Waals surface area (Å²) in [6.45, 7) is 2.46. The molecule has 1 N–H and O–H groups in total. The fourth-order valence-electron chi connectivity index (χ4n) is 1.73. The number of benzene rings is 2. The Kier molecular flexibility index (Phi) is 6.07. The van der Waals surface area contributed by atoms with Crippen LogP contribution in [0, 0.1) is 0 Å². The minimum atomic E-state index is -0.338. The van der Waals surface area contributed by atoms with Crippen molar-refractivity contribution in [2.75, 3.05) is 18.7 Å². The molecule has 2 aromatic rings. The van der Waals surface area contributed by atoms with E-state index >= 15 is 0 Å². The first-order valence-electron chi connectivity index (χ1n) is 6.68. The highest BCUT2D eigenvalue weighted by Gasteiger charge is 2.16. The van der Waals surface area contributed by atoms with Gasteiger partial charge in [0, 0.05) is 12.3 Å². The minimum absolute atomic E-state index is 0.0715. The van der Waals surface area contributed by atoms with Crippen LogP contribution in [0.25, 0.3) is 0 Å². The van der Waals surface area contributed by atoms with Crippen LogP contribution in [-0.4, -0.2) is 19.3 Å². The van der Waals surface area contributed by atoms with E-state index in [0.29, 0.717) is 18.0 Å². The largest absolute Gasteiger partial charge is 0.466 e. The lowest BCUT2D eigenvalue weighted by Crippen LogP contribution is -2.13. The van der Waals surface area contributed by atoms with Gasteiger partial charge >= 0.3 is 0 Å². The molecule has 0 radical (unpaired) electrons. The zero-order valence-corrected chi connectivity index (χ0v) is 13.4. The zero-order chi connectivity index (χ0) is 15.9. The van der Waals surface area contributed by atoms with Crippen molar-refractivity contribution in [2.45, 2.75) is 6.92 Å². The van der Waals surface area contributed by atoms with Crippen LogP contribution >= 0.6 is 23.2 Å². The lowest BCUT2D eigenvalue weighted by Gasteiger charge is -2.12. The van der Waals surface area contributed by atoms with Gasteiger partial charge in [-0.3, -0.25) is 4.79 Å². The van der Waals surface area contributed by atoms with Gasteiger partial charge in [0.25, 0.3) is 5.91 Å². The zero-order valence-electron chi connectivity index (χ0n) is 11.9. The molecule has 0 spiro atoms. The Balaban J connectivity index is 2.14. The van der Waals surface area contributed by atoms with Crippen molar-refractivity contribution in [1.29, 1.82) is 0 Å². The number of carbonyl (C=O) groups excluding carboxylic acids is 1. The summed E-state index contributed by atoms with van der Waals surface area (Å²) in [6.07, 6.45) is 0. The number of anilines is 1. The maximum absolute atomic E-state index is 12.2. The van der Waals surface area contributed by atoms with Crippen LogP contribution in [0.2, 0.25) is 10.0 Å². The number of halogens is 2. The van der Waals surface area contributed by atoms with Gasteiger partial charge in [0.05, 0.1) is 10.6 Å². The fraction of sp³-hybridized carbons (Fsp3) is 0.188. The minimum Gasteiger partial charge on any atom is -0.466 e.